The lowest BCUT2D eigenvalue weighted by Crippen LogP contribution is -2.55. The highest BCUT2D eigenvalue weighted by atomic mass is 16.2. The fourth-order valence-electron chi connectivity index (χ4n) is 6.25. The van der Waals surface area contributed by atoms with Crippen LogP contribution in [0.3, 0.4) is 0 Å². The second-order valence-electron chi connectivity index (χ2n) is 13.6. The first-order chi connectivity index (χ1) is 22.0. The third kappa shape index (κ3) is 10.3. The minimum Gasteiger partial charge on any atom is -0.354 e. The number of nitrogens with zero attached hydrogens (tertiary/aromatic N) is 2. The maximum absolute atomic E-state index is 14.5. The summed E-state index contributed by atoms with van der Waals surface area (Å²) < 4.78 is 0. The molecule has 1 aromatic rings. The van der Waals surface area contributed by atoms with Crippen LogP contribution in [0.1, 0.15) is 70.8 Å². The van der Waals surface area contributed by atoms with E-state index in [2.05, 4.69) is 47.8 Å². The van der Waals surface area contributed by atoms with Gasteiger partial charge >= 0.3 is 0 Å². The quantitative estimate of drug-likeness (QED) is 0.250. The fraction of sp³-hybridized carbons (Fsp3) is 0.462. The Hall–Kier alpha value is -3.97. The van der Waals surface area contributed by atoms with Crippen molar-refractivity contribution in [3.8, 4) is 0 Å². The smallest absolute Gasteiger partial charge is 0.246 e. The van der Waals surface area contributed by atoms with Crippen LogP contribution in [0.2, 0.25) is 0 Å². The number of hydrogen-bond donors (Lipinski definition) is 2. The number of nitrogens with two attached hydrogens (primary N) is 1. The molecule has 7 heteroatoms. The van der Waals surface area contributed by atoms with Crippen molar-refractivity contribution in [2.24, 2.45) is 11.7 Å². The summed E-state index contributed by atoms with van der Waals surface area (Å²) in [6.07, 6.45) is 25.6. The summed E-state index contributed by atoms with van der Waals surface area (Å²) in [6.45, 7) is 4.32. The third-order valence-electron chi connectivity index (χ3n) is 9.15. The molecule has 3 amide bonds. The molecule has 246 valence electrons. The Morgan fingerprint density at radius 2 is 1.83 bits per heavy atom. The van der Waals surface area contributed by atoms with Crippen molar-refractivity contribution < 1.29 is 14.4 Å². The molecule has 0 aromatic heterocycles. The standard InChI is InChI=1S/C39H52N4O3/c1-39(2,40)24-13-20-36(44)42(3)35(28-31-21-22-32-18-11-12-19-33(32)26-31)38(46)43(4)34(27-30-16-9-6-10-17-30)37(45)41-25-23-29-14-7-5-8-15-29/h5-7,9-10,12-14,16-17,19-21,26,32,34-35H,8,11,15,18,22-25,27-28,40H2,1-4H3,(H,41,45)/b20-13+/t32?,34-,35-/m1/s1. The molecule has 0 aliphatic heterocycles. The number of carbonyl (C=O) groups is 3. The fourth-order valence-corrected chi connectivity index (χ4v) is 6.25. The third-order valence-corrected chi connectivity index (χ3v) is 9.15. The molecular weight excluding hydrogens is 572 g/mol. The molecule has 0 saturated carbocycles. The van der Waals surface area contributed by atoms with E-state index in [-0.39, 0.29) is 17.7 Å². The van der Waals surface area contributed by atoms with Crippen LogP contribution in [0.4, 0.5) is 0 Å². The summed E-state index contributed by atoms with van der Waals surface area (Å²) in [7, 11) is 3.37. The van der Waals surface area contributed by atoms with E-state index in [4.69, 9.17) is 5.73 Å². The molecule has 0 heterocycles. The van der Waals surface area contributed by atoms with Crippen molar-refractivity contribution >= 4 is 17.7 Å². The maximum atomic E-state index is 14.5. The Morgan fingerprint density at radius 3 is 2.54 bits per heavy atom. The first-order valence-corrected chi connectivity index (χ1v) is 16.7. The van der Waals surface area contributed by atoms with Gasteiger partial charge in [0.25, 0.3) is 0 Å². The van der Waals surface area contributed by atoms with Crippen molar-refractivity contribution in [3.05, 3.63) is 107 Å². The van der Waals surface area contributed by atoms with Gasteiger partial charge < -0.3 is 20.9 Å². The lowest BCUT2D eigenvalue weighted by atomic mass is 9.81. The van der Waals surface area contributed by atoms with Crippen LogP contribution in [-0.4, -0.2) is 65.8 Å². The van der Waals surface area contributed by atoms with Crippen LogP contribution in [-0.2, 0) is 20.8 Å². The minimum atomic E-state index is -0.787. The van der Waals surface area contributed by atoms with Gasteiger partial charge in [-0.05, 0) is 87.5 Å². The van der Waals surface area contributed by atoms with Gasteiger partial charge in [-0.3, -0.25) is 14.4 Å². The van der Waals surface area contributed by atoms with Gasteiger partial charge in [-0.1, -0.05) is 84.5 Å². The molecule has 4 rings (SSSR count). The molecule has 3 aliphatic rings. The van der Waals surface area contributed by atoms with Gasteiger partial charge in [0.15, 0.2) is 0 Å². The van der Waals surface area contributed by atoms with Gasteiger partial charge in [0.2, 0.25) is 17.7 Å². The Labute approximate surface area is 275 Å². The lowest BCUT2D eigenvalue weighted by molar-refractivity contribution is -0.146. The van der Waals surface area contributed by atoms with Crippen LogP contribution >= 0.6 is 0 Å². The monoisotopic (exact) mass is 624 g/mol. The first kappa shape index (κ1) is 34.9. The van der Waals surface area contributed by atoms with E-state index in [1.807, 2.05) is 44.2 Å². The van der Waals surface area contributed by atoms with Gasteiger partial charge in [0.1, 0.15) is 12.1 Å². The molecule has 3 atom stereocenters. The normalized spacial score (nSPS) is 19.0. The highest BCUT2D eigenvalue weighted by Gasteiger charge is 2.35. The number of hydrogen-bond acceptors (Lipinski definition) is 4. The Kier molecular flexibility index (Phi) is 12.6. The molecule has 1 aromatic carbocycles. The van der Waals surface area contributed by atoms with Crippen LogP contribution in [0.25, 0.3) is 0 Å². The Morgan fingerprint density at radius 1 is 1.04 bits per heavy atom. The number of carbonyl (C=O) groups excluding carboxylic acids is 3. The van der Waals surface area contributed by atoms with Gasteiger partial charge in [-0.15, -0.1) is 0 Å². The molecule has 3 N–H and O–H groups in total. The number of benzene rings is 1. The van der Waals surface area contributed by atoms with Crippen LogP contribution in [0.15, 0.2) is 102 Å². The molecule has 0 radical (unpaired) electrons. The highest BCUT2D eigenvalue weighted by molar-refractivity contribution is 5.95. The van der Waals surface area contributed by atoms with Crippen LogP contribution in [0.5, 0.6) is 0 Å². The SMILES string of the molecule is CN(C(=O)/C=C/CC(C)(C)N)[C@H](CC1=CCC2CCC=CC2=C1)C(=O)N(C)[C@H](Cc1ccccc1)C(=O)NCCC1=CC=CCC1. The number of allylic oxidation sites excluding steroid dienone is 8. The number of amides is 3. The topological polar surface area (TPSA) is 95.7 Å². The zero-order valence-electron chi connectivity index (χ0n) is 28.1. The molecular formula is C39H52N4O3. The largest absolute Gasteiger partial charge is 0.354 e. The Bertz CT molecular complexity index is 1410. The van der Waals surface area contributed by atoms with E-state index in [0.29, 0.717) is 31.7 Å². The van der Waals surface area contributed by atoms with Crippen molar-refractivity contribution in [2.45, 2.75) is 89.3 Å². The average molecular weight is 625 g/mol. The van der Waals surface area contributed by atoms with E-state index in [0.717, 1.165) is 49.7 Å². The molecule has 3 aliphatic carbocycles. The van der Waals surface area contributed by atoms with Gasteiger partial charge in [0, 0.05) is 39.0 Å². The summed E-state index contributed by atoms with van der Waals surface area (Å²) in [5, 5.41) is 3.10. The second-order valence-corrected chi connectivity index (χ2v) is 13.6. The van der Waals surface area contributed by atoms with E-state index < -0.39 is 17.6 Å². The van der Waals surface area contributed by atoms with E-state index in [1.165, 1.54) is 22.1 Å². The van der Waals surface area contributed by atoms with Gasteiger partial charge in [0.05, 0.1) is 0 Å². The molecule has 46 heavy (non-hydrogen) atoms. The molecule has 1 unspecified atom stereocenters. The molecule has 7 nitrogen and oxygen atoms in total. The lowest BCUT2D eigenvalue weighted by Gasteiger charge is -2.35. The first-order valence-electron chi connectivity index (χ1n) is 16.7. The van der Waals surface area contributed by atoms with E-state index in [9.17, 15) is 14.4 Å². The summed E-state index contributed by atoms with van der Waals surface area (Å²) >= 11 is 0. The molecule has 0 saturated heterocycles. The predicted octanol–water partition coefficient (Wildman–Crippen LogP) is 5.96. The van der Waals surface area contributed by atoms with Crippen LogP contribution in [0, 0.1) is 5.92 Å². The summed E-state index contributed by atoms with van der Waals surface area (Å²) in [5.74, 6) is -0.222. The zero-order chi connectivity index (χ0) is 33.1. The predicted molar refractivity (Wildman–Crippen MR) is 187 cm³/mol. The number of fused-ring (bicyclic) bond motifs is 1. The van der Waals surface area contributed by atoms with Crippen molar-refractivity contribution in [1.82, 2.24) is 15.1 Å². The highest BCUT2D eigenvalue weighted by Crippen LogP contribution is 2.34. The van der Waals surface area contributed by atoms with Gasteiger partial charge in [-0.25, -0.2) is 0 Å². The summed E-state index contributed by atoms with van der Waals surface area (Å²) in [6, 6.07) is 8.24. The molecule has 0 bridgehead atoms. The van der Waals surface area contributed by atoms with Crippen molar-refractivity contribution in [1.29, 1.82) is 0 Å². The summed E-state index contributed by atoms with van der Waals surface area (Å²) in [4.78, 5) is 44.7. The van der Waals surface area contributed by atoms with Crippen molar-refractivity contribution in [3.63, 3.8) is 0 Å². The summed E-state index contributed by atoms with van der Waals surface area (Å²) in [5.41, 5.74) is 10.3. The average Bonchev–Trinajstić information content (AvgIpc) is 3.05. The van der Waals surface area contributed by atoms with Crippen molar-refractivity contribution in [2.75, 3.05) is 20.6 Å². The van der Waals surface area contributed by atoms with E-state index in [1.54, 1.807) is 25.1 Å². The Balaban J connectivity index is 1.57. The minimum absolute atomic E-state index is 0.196. The number of nitrogens with one attached hydrogen (secondary N) is 1. The van der Waals surface area contributed by atoms with Crippen LogP contribution < -0.4 is 11.1 Å². The van der Waals surface area contributed by atoms with E-state index >= 15 is 0 Å². The van der Waals surface area contributed by atoms with Gasteiger partial charge in [-0.2, -0.15) is 0 Å². The molecule has 0 spiro atoms. The number of likely N-dealkylation sites (N-methyl/N-ethyl adjacent to an activating group) is 2. The molecule has 0 fully saturated rings. The number of rotatable bonds is 14. The second kappa shape index (κ2) is 16.5. The zero-order valence-corrected chi connectivity index (χ0v) is 28.1. The maximum Gasteiger partial charge on any atom is 0.246 e.